The minimum atomic E-state index is -0.336. The minimum Gasteiger partial charge on any atom is -0.472 e. The zero-order valence-electron chi connectivity index (χ0n) is 21.0. The van der Waals surface area contributed by atoms with Crippen molar-refractivity contribution in [1.29, 1.82) is 0 Å². The molecule has 186 valence electrons. The van der Waals surface area contributed by atoms with Crippen molar-refractivity contribution in [3.8, 4) is 17.7 Å². The summed E-state index contributed by atoms with van der Waals surface area (Å²) in [5, 5.41) is 9.86. The van der Waals surface area contributed by atoms with Crippen LogP contribution in [0.15, 0.2) is 67.0 Å². The number of carbonyl (C=O) groups is 1. The first-order chi connectivity index (χ1) is 17.4. The molecule has 1 amide bonds. The third-order valence-corrected chi connectivity index (χ3v) is 6.30. The first kappa shape index (κ1) is 25.4. The van der Waals surface area contributed by atoms with Crippen molar-refractivity contribution in [2.75, 3.05) is 26.7 Å². The van der Waals surface area contributed by atoms with E-state index in [1.165, 1.54) is 0 Å². The zero-order valence-corrected chi connectivity index (χ0v) is 21.0. The maximum atomic E-state index is 13.6. The van der Waals surface area contributed by atoms with Crippen molar-refractivity contribution in [3.63, 3.8) is 0 Å². The number of aliphatic hydroxyl groups is 1. The lowest BCUT2D eigenvalue weighted by molar-refractivity contribution is 0.0324. The summed E-state index contributed by atoms with van der Waals surface area (Å²) < 4.78 is 6.38. The van der Waals surface area contributed by atoms with Crippen LogP contribution >= 0.6 is 0 Å². The lowest BCUT2D eigenvalue weighted by Gasteiger charge is -2.37. The van der Waals surface area contributed by atoms with Gasteiger partial charge in [-0.05, 0) is 44.3 Å². The number of likely N-dealkylation sites (N-methyl/N-ethyl adjacent to an activating group) is 1. The molecule has 1 aliphatic heterocycles. The molecule has 1 aliphatic rings. The van der Waals surface area contributed by atoms with Gasteiger partial charge in [-0.2, -0.15) is 0 Å². The molecule has 0 aliphatic carbocycles. The van der Waals surface area contributed by atoms with E-state index in [1.807, 2.05) is 62.5 Å². The van der Waals surface area contributed by atoms with Gasteiger partial charge in [0.25, 0.3) is 5.91 Å². The van der Waals surface area contributed by atoms with E-state index < -0.39 is 0 Å². The summed E-state index contributed by atoms with van der Waals surface area (Å²) >= 11 is 0. The fraction of sp³-hybridized carbons (Fsp3) is 0.345. The summed E-state index contributed by atoms with van der Waals surface area (Å²) in [5.74, 6) is 6.31. The summed E-state index contributed by atoms with van der Waals surface area (Å²) in [4.78, 5) is 26.4. The van der Waals surface area contributed by atoms with E-state index in [0.717, 1.165) is 11.3 Å². The SMILES string of the molecule is C[C@H]1CN([C@@H](C)CO)C(=O)c2cc(C#Cc3ccccc3)cnc2O[C@@H]1CN(C)Cc1ccccn1. The predicted octanol–water partition coefficient (Wildman–Crippen LogP) is 3.23. The van der Waals surface area contributed by atoms with E-state index >= 15 is 0 Å². The molecule has 3 aromatic rings. The molecule has 0 fully saturated rings. The number of pyridine rings is 2. The van der Waals surface area contributed by atoms with Crippen molar-refractivity contribution in [3.05, 3.63) is 89.4 Å². The van der Waals surface area contributed by atoms with Gasteiger partial charge in [0.15, 0.2) is 0 Å². The number of aromatic nitrogens is 2. The molecule has 0 radical (unpaired) electrons. The summed E-state index contributed by atoms with van der Waals surface area (Å²) in [6, 6.07) is 16.9. The van der Waals surface area contributed by atoms with Crippen molar-refractivity contribution >= 4 is 5.91 Å². The molecule has 1 aromatic carbocycles. The Kier molecular flexibility index (Phi) is 8.32. The first-order valence-corrected chi connectivity index (χ1v) is 12.2. The average Bonchev–Trinajstić information content (AvgIpc) is 2.90. The zero-order chi connectivity index (χ0) is 25.5. The second-order valence-electron chi connectivity index (χ2n) is 9.33. The van der Waals surface area contributed by atoms with Crippen molar-refractivity contribution < 1.29 is 14.6 Å². The number of hydrogen-bond acceptors (Lipinski definition) is 6. The quantitative estimate of drug-likeness (QED) is 0.542. The van der Waals surface area contributed by atoms with Gasteiger partial charge in [-0.15, -0.1) is 0 Å². The van der Waals surface area contributed by atoms with E-state index in [2.05, 4.69) is 33.6 Å². The molecule has 0 bridgehead atoms. The van der Waals surface area contributed by atoms with Gasteiger partial charge < -0.3 is 14.7 Å². The van der Waals surface area contributed by atoms with Gasteiger partial charge in [-0.3, -0.25) is 14.7 Å². The van der Waals surface area contributed by atoms with Crippen LogP contribution in [0.25, 0.3) is 0 Å². The predicted molar refractivity (Wildman–Crippen MR) is 138 cm³/mol. The third-order valence-electron chi connectivity index (χ3n) is 6.30. The van der Waals surface area contributed by atoms with Crippen LogP contribution in [0, 0.1) is 17.8 Å². The van der Waals surface area contributed by atoms with Gasteiger partial charge in [-0.25, -0.2) is 4.98 Å². The second kappa shape index (κ2) is 11.8. The molecule has 36 heavy (non-hydrogen) atoms. The van der Waals surface area contributed by atoms with Crippen LogP contribution < -0.4 is 4.74 Å². The van der Waals surface area contributed by atoms with E-state index in [9.17, 15) is 9.90 Å². The molecule has 4 rings (SSSR count). The lowest BCUT2D eigenvalue weighted by atomic mass is 10.00. The van der Waals surface area contributed by atoms with Crippen LogP contribution in [0.5, 0.6) is 5.88 Å². The van der Waals surface area contributed by atoms with Gasteiger partial charge in [0.05, 0.1) is 18.3 Å². The Morgan fingerprint density at radius 2 is 1.89 bits per heavy atom. The summed E-state index contributed by atoms with van der Waals surface area (Å²) in [7, 11) is 2.03. The lowest BCUT2D eigenvalue weighted by Crippen LogP contribution is -2.49. The van der Waals surface area contributed by atoms with Gasteiger partial charge in [0.1, 0.15) is 11.7 Å². The highest BCUT2D eigenvalue weighted by Crippen LogP contribution is 2.27. The van der Waals surface area contributed by atoms with Crippen LogP contribution in [-0.4, -0.2) is 69.7 Å². The highest BCUT2D eigenvalue weighted by molar-refractivity contribution is 5.97. The number of nitrogens with zero attached hydrogens (tertiary/aromatic N) is 4. The number of carbonyl (C=O) groups excluding carboxylic acids is 1. The Labute approximate surface area is 212 Å². The van der Waals surface area contributed by atoms with Crippen LogP contribution in [0.1, 0.15) is 41.0 Å². The van der Waals surface area contributed by atoms with Crippen LogP contribution in [0.2, 0.25) is 0 Å². The maximum absolute atomic E-state index is 13.6. The third kappa shape index (κ3) is 6.28. The standard InChI is InChI=1S/C29H32N4O3/c1-21-17-33(22(2)20-34)29(35)26-15-24(13-12-23-9-5-4-6-10-23)16-31-28(26)36-27(21)19-32(3)18-25-11-7-8-14-30-25/h4-11,14-16,21-22,27,34H,17-20H2,1-3H3/t21-,22-,27+/m0/s1. The molecule has 0 saturated carbocycles. The monoisotopic (exact) mass is 484 g/mol. The van der Waals surface area contributed by atoms with Crippen molar-refractivity contribution in [2.24, 2.45) is 5.92 Å². The molecule has 2 aromatic heterocycles. The number of aliphatic hydroxyl groups excluding tert-OH is 1. The van der Waals surface area contributed by atoms with Crippen LogP contribution in [-0.2, 0) is 6.54 Å². The van der Waals surface area contributed by atoms with E-state index in [4.69, 9.17) is 4.74 Å². The molecule has 3 atom stereocenters. The molecule has 0 unspecified atom stereocenters. The Hall–Kier alpha value is -3.73. The van der Waals surface area contributed by atoms with Gasteiger partial charge >= 0.3 is 0 Å². The molecule has 0 spiro atoms. The Bertz CT molecular complexity index is 1220. The fourth-order valence-electron chi connectivity index (χ4n) is 4.19. The van der Waals surface area contributed by atoms with E-state index in [-0.39, 0.29) is 30.6 Å². The Morgan fingerprint density at radius 3 is 2.61 bits per heavy atom. The van der Waals surface area contributed by atoms with Crippen LogP contribution in [0.3, 0.4) is 0 Å². The number of fused-ring (bicyclic) bond motifs is 1. The number of benzene rings is 1. The van der Waals surface area contributed by atoms with Crippen molar-refractivity contribution in [2.45, 2.75) is 32.5 Å². The number of amides is 1. The molecule has 0 saturated heterocycles. The topological polar surface area (TPSA) is 78.8 Å². The van der Waals surface area contributed by atoms with E-state index in [1.54, 1.807) is 23.4 Å². The molecular formula is C29H32N4O3. The van der Waals surface area contributed by atoms with Gasteiger partial charge in [0.2, 0.25) is 5.88 Å². The largest absolute Gasteiger partial charge is 0.472 e. The minimum absolute atomic E-state index is 0.0154. The Balaban J connectivity index is 1.63. The van der Waals surface area contributed by atoms with Gasteiger partial charge in [-0.1, -0.05) is 43.0 Å². The fourth-order valence-corrected chi connectivity index (χ4v) is 4.19. The first-order valence-electron chi connectivity index (χ1n) is 12.2. The summed E-state index contributed by atoms with van der Waals surface area (Å²) in [5.41, 5.74) is 2.85. The second-order valence-corrected chi connectivity index (χ2v) is 9.33. The normalized spacial score (nSPS) is 18.4. The number of hydrogen-bond donors (Lipinski definition) is 1. The van der Waals surface area contributed by atoms with E-state index in [0.29, 0.717) is 36.6 Å². The average molecular weight is 485 g/mol. The molecule has 3 heterocycles. The summed E-state index contributed by atoms with van der Waals surface area (Å²) in [6.45, 7) is 5.55. The highest BCUT2D eigenvalue weighted by atomic mass is 16.5. The van der Waals surface area contributed by atoms with Crippen molar-refractivity contribution in [1.82, 2.24) is 19.8 Å². The molecular weight excluding hydrogens is 452 g/mol. The number of rotatable bonds is 6. The Morgan fingerprint density at radius 1 is 1.14 bits per heavy atom. The van der Waals surface area contributed by atoms with Crippen LogP contribution in [0.4, 0.5) is 0 Å². The molecule has 7 nitrogen and oxygen atoms in total. The van der Waals surface area contributed by atoms with Gasteiger partial charge in [0, 0.05) is 49.1 Å². The maximum Gasteiger partial charge on any atom is 0.259 e. The molecule has 7 heteroatoms. The smallest absolute Gasteiger partial charge is 0.259 e. The highest BCUT2D eigenvalue weighted by Gasteiger charge is 2.34. The molecule has 1 N–H and O–H groups in total. The number of ether oxygens (including phenoxy) is 1. The summed E-state index contributed by atoms with van der Waals surface area (Å²) in [6.07, 6.45) is 3.21.